The second-order valence-corrected chi connectivity index (χ2v) is 5.82. The van der Waals surface area contributed by atoms with Crippen LogP contribution >= 0.6 is 0 Å². The molecule has 2 atom stereocenters. The van der Waals surface area contributed by atoms with Crippen LogP contribution in [-0.4, -0.2) is 50.4 Å². The lowest BCUT2D eigenvalue weighted by atomic mass is 9.93. The third kappa shape index (κ3) is 3.01. The Kier molecular flexibility index (Phi) is 4.20. The molecule has 22 heavy (non-hydrogen) atoms. The van der Waals surface area contributed by atoms with E-state index in [2.05, 4.69) is 10.1 Å². The monoisotopic (exact) mass is 300 g/mol. The van der Waals surface area contributed by atoms with Crippen molar-refractivity contribution in [2.75, 3.05) is 19.7 Å². The fourth-order valence-electron chi connectivity index (χ4n) is 2.98. The summed E-state index contributed by atoms with van der Waals surface area (Å²) in [5, 5.41) is 13.8. The Balaban J connectivity index is 1.69. The minimum absolute atomic E-state index is 0.0278. The predicted molar refractivity (Wildman–Crippen MR) is 81.1 cm³/mol. The smallest absolute Gasteiger partial charge is 0.244 e. The van der Waals surface area contributed by atoms with Crippen LogP contribution in [0.4, 0.5) is 0 Å². The van der Waals surface area contributed by atoms with E-state index in [1.165, 1.54) is 0 Å². The van der Waals surface area contributed by atoms with Gasteiger partial charge in [0.15, 0.2) is 0 Å². The summed E-state index contributed by atoms with van der Waals surface area (Å²) >= 11 is 0. The highest BCUT2D eigenvalue weighted by Gasteiger charge is 2.36. The van der Waals surface area contributed by atoms with E-state index in [0.717, 1.165) is 11.3 Å². The maximum Gasteiger partial charge on any atom is 0.244 e. The molecule has 1 aliphatic rings. The summed E-state index contributed by atoms with van der Waals surface area (Å²) < 4.78 is 1.65. The first kappa shape index (κ1) is 14.7. The Hall–Kier alpha value is -2.21. The summed E-state index contributed by atoms with van der Waals surface area (Å²) in [6.07, 6.45) is 5.35. The molecule has 0 aliphatic carbocycles. The number of aryl methyl sites for hydroxylation is 1. The molecule has 2 aromatic rings. The second-order valence-electron chi connectivity index (χ2n) is 5.82. The van der Waals surface area contributed by atoms with Crippen LogP contribution in [0.3, 0.4) is 0 Å². The molecule has 3 rings (SSSR count). The van der Waals surface area contributed by atoms with Gasteiger partial charge in [-0.25, -0.2) is 0 Å². The maximum absolute atomic E-state index is 12.4. The van der Waals surface area contributed by atoms with Gasteiger partial charge in [-0.2, -0.15) is 5.10 Å². The van der Waals surface area contributed by atoms with Crippen LogP contribution in [0.2, 0.25) is 0 Å². The molecule has 0 bridgehead atoms. The van der Waals surface area contributed by atoms with Gasteiger partial charge in [-0.1, -0.05) is 6.07 Å². The topological polar surface area (TPSA) is 71.2 Å². The first-order chi connectivity index (χ1) is 10.7. The Labute approximate surface area is 129 Å². The maximum atomic E-state index is 12.4. The SMILES string of the molecule is Cc1cnn(CC(=O)N2C[C@@H](CO)[C@H](c3ccccn3)C2)c1. The molecule has 3 heterocycles. The summed E-state index contributed by atoms with van der Waals surface area (Å²) in [6.45, 7) is 3.41. The van der Waals surface area contributed by atoms with Gasteiger partial charge in [-0.3, -0.25) is 14.5 Å². The number of aliphatic hydroxyl groups is 1. The quantitative estimate of drug-likeness (QED) is 0.907. The lowest BCUT2D eigenvalue weighted by Gasteiger charge is -2.16. The Morgan fingerprint density at radius 3 is 2.91 bits per heavy atom. The molecule has 1 N–H and O–H groups in total. The molecular formula is C16H20N4O2. The molecule has 0 aromatic carbocycles. The number of aromatic nitrogens is 3. The molecule has 116 valence electrons. The fraction of sp³-hybridized carbons (Fsp3) is 0.438. The number of rotatable bonds is 4. The van der Waals surface area contributed by atoms with Crippen LogP contribution in [0.1, 0.15) is 17.2 Å². The van der Waals surface area contributed by atoms with E-state index in [4.69, 9.17) is 0 Å². The molecule has 0 spiro atoms. The van der Waals surface area contributed by atoms with Crippen molar-refractivity contribution in [3.05, 3.63) is 48.0 Å². The molecular weight excluding hydrogens is 280 g/mol. The minimum atomic E-state index is 0.0278. The van der Waals surface area contributed by atoms with E-state index < -0.39 is 0 Å². The standard InChI is InChI=1S/C16H20N4O2/c1-12-6-18-20(7-12)10-16(22)19-8-13(11-21)14(9-19)15-4-2-3-5-17-15/h2-7,13-14,21H,8-11H2,1H3/t13-,14+/m0/s1. The Morgan fingerprint density at radius 2 is 2.27 bits per heavy atom. The van der Waals surface area contributed by atoms with Gasteiger partial charge in [0.1, 0.15) is 6.54 Å². The highest BCUT2D eigenvalue weighted by atomic mass is 16.3. The average molecular weight is 300 g/mol. The van der Waals surface area contributed by atoms with E-state index in [1.54, 1.807) is 22.0 Å². The van der Waals surface area contributed by atoms with Crippen molar-refractivity contribution >= 4 is 5.91 Å². The van der Waals surface area contributed by atoms with E-state index >= 15 is 0 Å². The number of nitrogens with zero attached hydrogens (tertiary/aromatic N) is 4. The molecule has 0 radical (unpaired) electrons. The molecule has 1 saturated heterocycles. The van der Waals surface area contributed by atoms with Crippen LogP contribution < -0.4 is 0 Å². The van der Waals surface area contributed by atoms with Crippen molar-refractivity contribution < 1.29 is 9.90 Å². The van der Waals surface area contributed by atoms with Crippen LogP contribution in [0, 0.1) is 12.8 Å². The number of aliphatic hydroxyl groups excluding tert-OH is 1. The zero-order valence-corrected chi connectivity index (χ0v) is 12.6. The summed E-state index contributed by atoms with van der Waals surface area (Å²) in [5.41, 5.74) is 1.97. The van der Waals surface area contributed by atoms with Gasteiger partial charge in [0.25, 0.3) is 0 Å². The van der Waals surface area contributed by atoms with Crippen molar-refractivity contribution in [2.45, 2.75) is 19.4 Å². The summed E-state index contributed by atoms with van der Waals surface area (Å²) in [6, 6.07) is 5.77. The van der Waals surface area contributed by atoms with Crippen molar-refractivity contribution in [2.24, 2.45) is 5.92 Å². The zero-order chi connectivity index (χ0) is 15.5. The van der Waals surface area contributed by atoms with Gasteiger partial charge >= 0.3 is 0 Å². The van der Waals surface area contributed by atoms with Gasteiger partial charge in [0, 0.05) is 49.6 Å². The third-order valence-electron chi connectivity index (χ3n) is 4.16. The summed E-state index contributed by atoms with van der Waals surface area (Å²) in [5.74, 6) is 0.160. The molecule has 6 heteroatoms. The molecule has 1 amide bonds. The fourth-order valence-corrected chi connectivity index (χ4v) is 2.98. The lowest BCUT2D eigenvalue weighted by Crippen LogP contribution is -2.32. The number of carbonyl (C=O) groups is 1. The normalized spacial score (nSPS) is 21.3. The van der Waals surface area contributed by atoms with Crippen molar-refractivity contribution in [3.63, 3.8) is 0 Å². The highest BCUT2D eigenvalue weighted by Crippen LogP contribution is 2.31. The van der Waals surface area contributed by atoms with E-state index in [-0.39, 0.29) is 30.9 Å². The Morgan fingerprint density at radius 1 is 1.41 bits per heavy atom. The lowest BCUT2D eigenvalue weighted by molar-refractivity contribution is -0.131. The molecule has 6 nitrogen and oxygen atoms in total. The average Bonchev–Trinajstić information content (AvgIpc) is 3.14. The largest absolute Gasteiger partial charge is 0.396 e. The van der Waals surface area contributed by atoms with Crippen LogP contribution in [0.15, 0.2) is 36.8 Å². The van der Waals surface area contributed by atoms with Crippen LogP contribution in [0.25, 0.3) is 0 Å². The minimum Gasteiger partial charge on any atom is -0.396 e. The molecule has 1 aliphatic heterocycles. The van der Waals surface area contributed by atoms with Crippen molar-refractivity contribution in [1.82, 2.24) is 19.7 Å². The number of amides is 1. The highest BCUT2D eigenvalue weighted by molar-refractivity contribution is 5.76. The zero-order valence-electron chi connectivity index (χ0n) is 12.6. The molecule has 1 fully saturated rings. The van der Waals surface area contributed by atoms with Crippen LogP contribution in [0.5, 0.6) is 0 Å². The van der Waals surface area contributed by atoms with Crippen molar-refractivity contribution in [1.29, 1.82) is 0 Å². The first-order valence-electron chi connectivity index (χ1n) is 7.46. The van der Waals surface area contributed by atoms with E-state index in [9.17, 15) is 9.90 Å². The van der Waals surface area contributed by atoms with Crippen molar-refractivity contribution in [3.8, 4) is 0 Å². The third-order valence-corrected chi connectivity index (χ3v) is 4.16. The van der Waals surface area contributed by atoms with Gasteiger partial charge in [-0.15, -0.1) is 0 Å². The summed E-state index contributed by atoms with van der Waals surface area (Å²) in [4.78, 5) is 18.6. The first-order valence-corrected chi connectivity index (χ1v) is 7.46. The van der Waals surface area contributed by atoms with Gasteiger partial charge < -0.3 is 10.0 Å². The molecule has 0 unspecified atom stereocenters. The van der Waals surface area contributed by atoms with E-state index in [1.807, 2.05) is 31.3 Å². The van der Waals surface area contributed by atoms with Crippen LogP contribution in [-0.2, 0) is 11.3 Å². The molecule has 0 saturated carbocycles. The summed E-state index contributed by atoms with van der Waals surface area (Å²) in [7, 11) is 0. The van der Waals surface area contributed by atoms with Gasteiger partial charge in [-0.05, 0) is 24.6 Å². The van der Waals surface area contributed by atoms with E-state index in [0.29, 0.717) is 13.1 Å². The second kappa shape index (κ2) is 6.27. The number of carbonyl (C=O) groups excluding carboxylic acids is 1. The number of hydrogen-bond donors (Lipinski definition) is 1. The number of hydrogen-bond acceptors (Lipinski definition) is 4. The van der Waals surface area contributed by atoms with Gasteiger partial charge in [0.05, 0.1) is 6.20 Å². The predicted octanol–water partition coefficient (Wildman–Crippen LogP) is 0.821. The number of likely N-dealkylation sites (tertiary alicyclic amines) is 1. The number of pyridine rings is 1. The Bertz CT molecular complexity index is 641. The molecule has 2 aromatic heterocycles. The van der Waals surface area contributed by atoms with Gasteiger partial charge in [0.2, 0.25) is 5.91 Å².